The molecule has 0 fully saturated rings. The van der Waals surface area contributed by atoms with Crippen LogP contribution in [0.25, 0.3) is 6.08 Å². The largest absolute Gasteiger partial charge is 1.00 e. The maximum absolute atomic E-state index is 10.3. The van der Waals surface area contributed by atoms with Gasteiger partial charge in [0, 0.05) is 5.56 Å². The Balaban J connectivity index is 0.00000240. The van der Waals surface area contributed by atoms with E-state index in [4.69, 9.17) is 0 Å². The zero-order valence-electron chi connectivity index (χ0n) is 15.9. The highest BCUT2D eigenvalue weighted by molar-refractivity contribution is 7.98. The third-order valence-electron chi connectivity index (χ3n) is 4.90. The van der Waals surface area contributed by atoms with Crippen molar-refractivity contribution >= 4 is 29.3 Å². The molecular weight excluding hydrogens is 395 g/mol. The Labute approximate surface area is 179 Å². The number of benzene rings is 4. The number of hydrogen-bond donors (Lipinski definition) is 1. The fourth-order valence-corrected chi connectivity index (χ4v) is 7.24. The Morgan fingerprint density at radius 2 is 0.897 bits per heavy atom. The molecule has 0 spiro atoms. The van der Waals surface area contributed by atoms with E-state index < -0.39 is 7.26 Å². The highest BCUT2D eigenvalue weighted by Gasteiger charge is 2.43. The molecule has 0 aromatic heterocycles. The third-order valence-corrected chi connectivity index (χ3v) is 8.84. The average molecular weight is 417 g/mol. The van der Waals surface area contributed by atoms with Crippen molar-refractivity contribution < 1.29 is 17.5 Å². The molecule has 3 heteroatoms. The van der Waals surface area contributed by atoms with E-state index in [1.807, 2.05) is 18.2 Å². The summed E-state index contributed by atoms with van der Waals surface area (Å²) < 4.78 is 0. The highest BCUT2D eigenvalue weighted by atomic mass is 35.5. The van der Waals surface area contributed by atoms with E-state index in [-0.39, 0.29) is 12.4 Å². The van der Waals surface area contributed by atoms with Crippen molar-refractivity contribution in [2.75, 3.05) is 0 Å². The number of phenolic OH excluding ortho intramolecular Hbond substituents is 1. The van der Waals surface area contributed by atoms with Crippen molar-refractivity contribution in [1.29, 1.82) is 0 Å². The summed E-state index contributed by atoms with van der Waals surface area (Å²) in [6.07, 6.45) is 2.07. The Kier molecular flexibility index (Phi) is 6.88. The van der Waals surface area contributed by atoms with Crippen molar-refractivity contribution in [2.45, 2.75) is 0 Å². The van der Waals surface area contributed by atoms with Crippen LogP contribution in [0.5, 0.6) is 5.75 Å². The molecule has 0 aliphatic rings. The van der Waals surface area contributed by atoms with Gasteiger partial charge in [-0.1, -0.05) is 72.8 Å². The first-order chi connectivity index (χ1) is 13.8. The highest BCUT2D eigenvalue weighted by Crippen LogP contribution is 2.57. The van der Waals surface area contributed by atoms with E-state index in [1.54, 1.807) is 6.07 Å². The van der Waals surface area contributed by atoms with Gasteiger partial charge in [0.1, 0.15) is 28.9 Å². The van der Waals surface area contributed by atoms with E-state index in [1.165, 1.54) is 15.9 Å². The maximum Gasteiger partial charge on any atom is 0.136 e. The summed E-state index contributed by atoms with van der Waals surface area (Å²) in [5, 5.41) is 14.2. The van der Waals surface area contributed by atoms with Gasteiger partial charge < -0.3 is 17.5 Å². The Bertz CT molecular complexity index is 967. The molecule has 0 aliphatic heterocycles. The van der Waals surface area contributed by atoms with E-state index >= 15 is 0 Å². The molecular formula is C26H22ClOP. The van der Waals surface area contributed by atoms with E-state index in [9.17, 15) is 5.11 Å². The first-order valence-electron chi connectivity index (χ1n) is 9.33. The molecule has 0 unspecified atom stereocenters. The molecule has 0 bridgehead atoms. The number of halogens is 1. The van der Waals surface area contributed by atoms with Crippen LogP contribution in [0, 0.1) is 0 Å². The maximum atomic E-state index is 10.3. The summed E-state index contributed by atoms with van der Waals surface area (Å²) in [7, 11) is -2.03. The number of phenols is 1. The third kappa shape index (κ3) is 4.27. The van der Waals surface area contributed by atoms with Crippen LogP contribution in [0.2, 0.25) is 0 Å². The molecule has 1 N–H and O–H groups in total. The van der Waals surface area contributed by atoms with Crippen molar-refractivity contribution in [3.05, 3.63) is 127 Å². The zero-order valence-corrected chi connectivity index (χ0v) is 17.5. The SMILES string of the molecule is Oc1ccccc1C=C[P+](c1ccccc1)(c1ccccc1)c1ccccc1.[Cl-]. The molecule has 144 valence electrons. The van der Waals surface area contributed by atoms with Gasteiger partial charge in [0.25, 0.3) is 0 Å². The molecule has 0 atom stereocenters. The first kappa shape index (κ1) is 20.9. The van der Waals surface area contributed by atoms with Gasteiger partial charge in [-0.15, -0.1) is 0 Å². The van der Waals surface area contributed by atoms with Gasteiger partial charge in [-0.3, -0.25) is 0 Å². The predicted octanol–water partition coefficient (Wildman–Crippen LogP) is 2.36. The minimum atomic E-state index is -2.03. The topological polar surface area (TPSA) is 20.2 Å². The monoisotopic (exact) mass is 416 g/mol. The summed E-state index contributed by atoms with van der Waals surface area (Å²) in [6.45, 7) is 0. The molecule has 0 saturated heterocycles. The lowest BCUT2D eigenvalue weighted by Gasteiger charge is -2.24. The van der Waals surface area contributed by atoms with E-state index in [0.29, 0.717) is 5.75 Å². The summed E-state index contributed by atoms with van der Waals surface area (Å²) in [4.78, 5) is 0. The smallest absolute Gasteiger partial charge is 0.136 e. The molecule has 4 rings (SSSR count). The van der Waals surface area contributed by atoms with Crippen molar-refractivity contribution in [1.82, 2.24) is 0 Å². The second kappa shape index (κ2) is 9.56. The number of para-hydroxylation sites is 1. The molecule has 0 aliphatic carbocycles. The summed E-state index contributed by atoms with van der Waals surface area (Å²) in [5.74, 6) is 2.60. The van der Waals surface area contributed by atoms with Crippen LogP contribution in [0.1, 0.15) is 5.56 Å². The van der Waals surface area contributed by atoms with Gasteiger partial charge in [-0.25, -0.2) is 0 Å². The standard InChI is InChI=1S/C26H21OP.ClH/c27-26-19-11-10-12-22(26)20-21-28(23-13-4-1-5-14-23,24-15-6-2-7-16-24)25-17-8-3-9-18-25;/h1-21H;1H. The molecule has 4 aromatic rings. The molecule has 1 nitrogen and oxygen atoms in total. The Morgan fingerprint density at radius 1 is 0.517 bits per heavy atom. The van der Waals surface area contributed by atoms with Crippen LogP contribution < -0.4 is 28.3 Å². The zero-order chi connectivity index (χ0) is 19.2. The second-order valence-electron chi connectivity index (χ2n) is 6.60. The van der Waals surface area contributed by atoms with Crippen LogP contribution >= 0.6 is 7.26 Å². The normalized spacial score (nSPS) is 11.2. The Hall–Kier alpha value is -2.86. The van der Waals surface area contributed by atoms with E-state index in [2.05, 4.69) is 103 Å². The molecule has 0 saturated carbocycles. The van der Waals surface area contributed by atoms with Crippen LogP contribution in [0.4, 0.5) is 0 Å². The first-order valence-corrected chi connectivity index (χ1v) is 11.2. The lowest BCUT2D eigenvalue weighted by molar-refractivity contribution is -0.00000633. The van der Waals surface area contributed by atoms with Gasteiger partial charge in [0.15, 0.2) is 0 Å². The summed E-state index contributed by atoms with van der Waals surface area (Å²) in [6, 6.07) is 39.5. The summed E-state index contributed by atoms with van der Waals surface area (Å²) in [5.41, 5.74) is 0.828. The molecule has 0 radical (unpaired) electrons. The van der Waals surface area contributed by atoms with Crippen molar-refractivity contribution in [2.24, 2.45) is 0 Å². The van der Waals surface area contributed by atoms with E-state index in [0.717, 1.165) is 5.56 Å². The minimum absolute atomic E-state index is 0. The molecule has 0 amide bonds. The minimum Gasteiger partial charge on any atom is -1.00 e. The van der Waals surface area contributed by atoms with Crippen molar-refractivity contribution in [3.63, 3.8) is 0 Å². The van der Waals surface area contributed by atoms with Crippen molar-refractivity contribution in [3.8, 4) is 5.75 Å². The number of aromatic hydroxyl groups is 1. The molecule has 0 heterocycles. The van der Waals surface area contributed by atoms with Crippen LogP contribution in [0.15, 0.2) is 121 Å². The lowest BCUT2D eigenvalue weighted by atomic mass is 10.2. The fourth-order valence-electron chi connectivity index (χ4n) is 3.52. The lowest BCUT2D eigenvalue weighted by Crippen LogP contribution is -3.00. The Morgan fingerprint density at radius 3 is 1.31 bits per heavy atom. The van der Waals surface area contributed by atoms with Crippen LogP contribution in [-0.4, -0.2) is 5.11 Å². The van der Waals surface area contributed by atoms with Gasteiger partial charge >= 0.3 is 0 Å². The van der Waals surface area contributed by atoms with Gasteiger partial charge in [-0.2, -0.15) is 0 Å². The molecule has 4 aromatic carbocycles. The number of rotatable bonds is 5. The number of hydrogen-bond acceptors (Lipinski definition) is 1. The summed E-state index contributed by atoms with van der Waals surface area (Å²) >= 11 is 0. The van der Waals surface area contributed by atoms with Gasteiger partial charge in [0.05, 0.1) is 5.82 Å². The fraction of sp³-hybridized carbons (Fsp3) is 0. The van der Waals surface area contributed by atoms with Gasteiger partial charge in [0.2, 0.25) is 0 Å². The van der Waals surface area contributed by atoms with Crippen LogP contribution in [0.3, 0.4) is 0 Å². The second-order valence-corrected chi connectivity index (χ2v) is 9.90. The van der Waals surface area contributed by atoms with Gasteiger partial charge in [-0.05, 0) is 48.5 Å². The predicted molar refractivity (Wildman–Crippen MR) is 122 cm³/mol. The molecule has 29 heavy (non-hydrogen) atoms. The quantitative estimate of drug-likeness (QED) is 0.495. The average Bonchev–Trinajstić information content (AvgIpc) is 2.78. The van der Waals surface area contributed by atoms with Crippen LogP contribution in [-0.2, 0) is 0 Å².